The molecule has 0 aliphatic rings. The van der Waals surface area contributed by atoms with Gasteiger partial charge in [0.25, 0.3) is 17.3 Å². The van der Waals surface area contributed by atoms with Crippen molar-refractivity contribution in [3.05, 3.63) is 79.6 Å². The molecule has 0 unspecified atom stereocenters. The standard InChI is InChI=1S/C21H21N7O6S/c1-3-26-18(11-22-20(30)14-5-4-6-15(9-14)27(31)32)24-25-21(26)35-12-19(29)23-17-10-16(28(33)34)8-7-13(17)2/h4-10H,3,11-12H2,1-2H3,(H,22,30)(H,23,29). The molecule has 182 valence electrons. The summed E-state index contributed by atoms with van der Waals surface area (Å²) in [6, 6.07) is 9.60. The minimum absolute atomic E-state index is 0.0136. The number of rotatable bonds is 10. The summed E-state index contributed by atoms with van der Waals surface area (Å²) >= 11 is 1.13. The van der Waals surface area contributed by atoms with Gasteiger partial charge < -0.3 is 15.2 Å². The van der Waals surface area contributed by atoms with E-state index >= 15 is 0 Å². The molecule has 0 bridgehead atoms. The van der Waals surface area contributed by atoms with E-state index in [1.807, 2.05) is 6.92 Å². The first-order chi connectivity index (χ1) is 16.7. The lowest BCUT2D eigenvalue weighted by Gasteiger charge is -2.10. The zero-order valence-corrected chi connectivity index (χ0v) is 19.6. The molecule has 0 aliphatic heterocycles. The number of anilines is 1. The Labute approximate surface area is 203 Å². The topological polar surface area (TPSA) is 175 Å². The molecule has 0 saturated heterocycles. The lowest BCUT2D eigenvalue weighted by atomic mass is 10.2. The van der Waals surface area contributed by atoms with Crippen molar-refractivity contribution in [2.45, 2.75) is 32.1 Å². The number of aromatic nitrogens is 3. The lowest BCUT2D eigenvalue weighted by Crippen LogP contribution is -2.25. The van der Waals surface area contributed by atoms with E-state index in [1.165, 1.54) is 36.4 Å². The maximum absolute atomic E-state index is 12.4. The molecule has 3 rings (SSSR count). The fraction of sp³-hybridized carbons (Fsp3) is 0.238. The number of carbonyl (C=O) groups is 2. The summed E-state index contributed by atoms with van der Waals surface area (Å²) < 4.78 is 1.73. The highest BCUT2D eigenvalue weighted by molar-refractivity contribution is 7.99. The molecule has 3 aromatic rings. The number of carbonyl (C=O) groups excluding carboxylic acids is 2. The molecule has 2 amide bonds. The number of nitro groups is 2. The van der Waals surface area contributed by atoms with E-state index < -0.39 is 15.8 Å². The predicted octanol–water partition coefficient (Wildman–Crippen LogP) is 3.08. The second-order valence-corrected chi connectivity index (χ2v) is 8.17. The monoisotopic (exact) mass is 499 g/mol. The van der Waals surface area contributed by atoms with Crippen molar-refractivity contribution in [2.24, 2.45) is 0 Å². The molecular weight excluding hydrogens is 478 g/mol. The van der Waals surface area contributed by atoms with E-state index in [1.54, 1.807) is 17.6 Å². The molecule has 0 radical (unpaired) electrons. The summed E-state index contributed by atoms with van der Waals surface area (Å²) in [7, 11) is 0. The van der Waals surface area contributed by atoms with Crippen molar-refractivity contribution in [3.63, 3.8) is 0 Å². The van der Waals surface area contributed by atoms with Gasteiger partial charge in [-0.15, -0.1) is 10.2 Å². The molecule has 13 nitrogen and oxygen atoms in total. The van der Waals surface area contributed by atoms with Crippen LogP contribution in [0.5, 0.6) is 0 Å². The molecule has 0 aliphatic carbocycles. The minimum Gasteiger partial charge on any atom is -0.345 e. The highest BCUT2D eigenvalue weighted by Crippen LogP contribution is 2.23. The van der Waals surface area contributed by atoms with Gasteiger partial charge in [-0.1, -0.05) is 23.9 Å². The van der Waals surface area contributed by atoms with Gasteiger partial charge in [0.15, 0.2) is 11.0 Å². The molecular formula is C21H21N7O6S. The maximum Gasteiger partial charge on any atom is 0.271 e. The number of nitrogens with zero attached hydrogens (tertiary/aromatic N) is 5. The van der Waals surface area contributed by atoms with Crippen molar-refractivity contribution in [1.82, 2.24) is 20.1 Å². The van der Waals surface area contributed by atoms with Crippen molar-refractivity contribution in [1.29, 1.82) is 0 Å². The van der Waals surface area contributed by atoms with Crippen LogP contribution in [0.2, 0.25) is 0 Å². The number of aryl methyl sites for hydroxylation is 1. The first-order valence-corrected chi connectivity index (χ1v) is 11.3. The number of hydrogen-bond donors (Lipinski definition) is 2. The number of hydrogen-bond acceptors (Lipinski definition) is 9. The highest BCUT2D eigenvalue weighted by atomic mass is 32.2. The predicted molar refractivity (Wildman–Crippen MR) is 127 cm³/mol. The molecule has 0 saturated carbocycles. The van der Waals surface area contributed by atoms with Gasteiger partial charge in [0.05, 0.1) is 27.8 Å². The zero-order chi connectivity index (χ0) is 25.5. The normalized spacial score (nSPS) is 10.6. The Morgan fingerprint density at radius 3 is 2.46 bits per heavy atom. The van der Waals surface area contributed by atoms with Crippen LogP contribution in [-0.2, 0) is 17.9 Å². The zero-order valence-electron chi connectivity index (χ0n) is 18.8. The van der Waals surface area contributed by atoms with Crippen LogP contribution < -0.4 is 10.6 Å². The molecule has 14 heteroatoms. The Balaban J connectivity index is 1.61. The van der Waals surface area contributed by atoms with Crippen LogP contribution in [0, 0.1) is 27.2 Å². The van der Waals surface area contributed by atoms with Crippen molar-refractivity contribution in [2.75, 3.05) is 11.1 Å². The van der Waals surface area contributed by atoms with E-state index in [9.17, 15) is 29.8 Å². The minimum atomic E-state index is -0.579. The van der Waals surface area contributed by atoms with Gasteiger partial charge in [0.2, 0.25) is 5.91 Å². The largest absolute Gasteiger partial charge is 0.345 e. The highest BCUT2D eigenvalue weighted by Gasteiger charge is 2.17. The number of amides is 2. The summed E-state index contributed by atoms with van der Waals surface area (Å²) in [5.41, 5.74) is 0.871. The number of nitrogens with one attached hydrogen (secondary N) is 2. The number of thioether (sulfide) groups is 1. The number of nitro benzene ring substituents is 2. The summed E-state index contributed by atoms with van der Waals surface area (Å²) in [4.78, 5) is 45.6. The molecule has 2 N–H and O–H groups in total. The van der Waals surface area contributed by atoms with Gasteiger partial charge in [0.1, 0.15) is 0 Å². The average Bonchev–Trinajstić information content (AvgIpc) is 3.24. The number of non-ortho nitro benzene ring substituents is 2. The second-order valence-electron chi connectivity index (χ2n) is 7.23. The lowest BCUT2D eigenvalue weighted by molar-refractivity contribution is -0.385. The van der Waals surface area contributed by atoms with Crippen LogP contribution in [0.3, 0.4) is 0 Å². The van der Waals surface area contributed by atoms with E-state index in [4.69, 9.17) is 0 Å². The summed E-state index contributed by atoms with van der Waals surface area (Å²) in [5.74, 6) is -0.436. The van der Waals surface area contributed by atoms with Crippen molar-refractivity contribution < 1.29 is 19.4 Å². The first-order valence-electron chi connectivity index (χ1n) is 10.3. The summed E-state index contributed by atoms with van der Waals surface area (Å²) in [6.07, 6.45) is 0. The third-order valence-electron chi connectivity index (χ3n) is 4.87. The Morgan fingerprint density at radius 2 is 1.77 bits per heavy atom. The van der Waals surface area contributed by atoms with Crippen molar-refractivity contribution in [3.8, 4) is 0 Å². The fourth-order valence-corrected chi connectivity index (χ4v) is 3.89. The molecule has 2 aromatic carbocycles. The van der Waals surface area contributed by atoms with Gasteiger partial charge in [-0.2, -0.15) is 0 Å². The van der Waals surface area contributed by atoms with Crippen molar-refractivity contribution >= 4 is 40.6 Å². The third-order valence-corrected chi connectivity index (χ3v) is 5.84. The van der Waals surface area contributed by atoms with Gasteiger partial charge in [0, 0.05) is 36.4 Å². The Hall–Kier alpha value is -4.33. The third kappa shape index (κ3) is 6.38. The first kappa shape index (κ1) is 25.3. The summed E-state index contributed by atoms with van der Waals surface area (Å²) in [5, 5.41) is 35.8. The fourth-order valence-electron chi connectivity index (χ4n) is 3.07. The second kappa shape index (κ2) is 11.2. The van der Waals surface area contributed by atoms with Crippen LogP contribution in [0.25, 0.3) is 0 Å². The average molecular weight is 500 g/mol. The van der Waals surface area contributed by atoms with E-state index in [-0.39, 0.29) is 35.1 Å². The van der Waals surface area contributed by atoms with E-state index in [0.29, 0.717) is 28.8 Å². The van der Waals surface area contributed by atoms with Gasteiger partial charge in [-0.25, -0.2) is 0 Å². The van der Waals surface area contributed by atoms with Crippen LogP contribution in [0.1, 0.15) is 28.7 Å². The van der Waals surface area contributed by atoms with Crippen LogP contribution in [-0.4, -0.2) is 42.2 Å². The molecule has 0 atom stereocenters. The SMILES string of the molecule is CCn1c(CNC(=O)c2cccc([N+](=O)[O-])c2)nnc1SCC(=O)Nc1cc([N+](=O)[O-])ccc1C. The Morgan fingerprint density at radius 1 is 1.06 bits per heavy atom. The van der Waals surface area contributed by atoms with Crippen LogP contribution in [0.15, 0.2) is 47.6 Å². The number of benzene rings is 2. The van der Waals surface area contributed by atoms with E-state index in [2.05, 4.69) is 20.8 Å². The van der Waals surface area contributed by atoms with E-state index in [0.717, 1.165) is 11.8 Å². The van der Waals surface area contributed by atoms with Crippen LogP contribution >= 0.6 is 11.8 Å². The summed E-state index contributed by atoms with van der Waals surface area (Å²) in [6.45, 7) is 4.09. The Bertz CT molecular complexity index is 1290. The van der Waals surface area contributed by atoms with Gasteiger partial charge in [-0.05, 0) is 25.5 Å². The molecule has 0 spiro atoms. The quantitative estimate of drug-likeness (QED) is 0.241. The van der Waals surface area contributed by atoms with Gasteiger partial charge in [-0.3, -0.25) is 29.8 Å². The van der Waals surface area contributed by atoms with Gasteiger partial charge >= 0.3 is 0 Å². The maximum atomic E-state index is 12.4. The molecule has 0 fully saturated rings. The molecule has 1 aromatic heterocycles. The molecule has 35 heavy (non-hydrogen) atoms. The van der Waals surface area contributed by atoms with Crippen LogP contribution in [0.4, 0.5) is 17.1 Å². The Kier molecular flexibility index (Phi) is 8.09. The smallest absolute Gasteiger partial charge is 0.271 e. The molecule has 1 heterocycles.